The summed E-state index contributed by atoms with van der Waals surface area (Å²) in [5, 5.41) is 0. The van der Waals surface area contributed by atoms with Gasteiger partial charge in [-0.2, -0.15) is 4.11 Å². The van der Waals surface area contributed by atoms with Crippen LogP contribution in [0.3, 0.4) is 0 Å². The fourth-order valence-electron chi connectivity index (χ4n) is 0. The van der Waals surface area contributed by atoms with Gasteiger partial charge in [-0.15, -0.1) is 0 Å². The van der Waals surface area contributed by atoms with Crippen molar-refractivity contribution < 1.29 is 13.4 Å². The second-order valence-corrected chi connectivity index (χ2v) is 0.759. The zero-order valence-electron chi connectivity index (χ0n) is 1.73. The van der Waals surface area contributed by atoms with E-state index in [2.05, 4.69) is 0 Å². The number of rotatable bonds is 0. The summed E-state index contributed by atoms with van der Waals surface area (Å²) in [5.74, 6) is 0. The Bertz CT molecular complexity index is 40.7. The molecule has 0 aromatic heterocycles. The Morgan fingerprint density at radius 1 is 1.57 bits per heavy atom. The predicted molar refractivity (Wildman–Crippen MR) is 35.4 cm³/mol. The summed E-state index contributed by atoms with van der Waals surface area (Å²) in [7, 11) is -3.63. The van der Waals surface area contributed by atoms with Crippen LogP contribution in [0.4, 0.5) is 4.11 Å². The number of hydrogen-bond acceptors (Lipinski definition) is 1. The molecular formula is H7AlCaFNaO2Si. The first-order valence-corrected chi connectivity index (χ1v) is 1.85. The maximum atomic E-state index is 10.1. The van der Waals surface area contributed by atoms with Gasteiger partial charge in [-0.05, 0) is 0 Å². The van der Waals surface area contributed by atoms with E-state index in [0.29, 0.717) is 0 Å². The first-order valence-electron chi connectivity index (χ1n) is 0.617. The minimum absolute atomic E-state index is 0. The van der Waals surface area contributed by atoms with Gasteiger partial charge in [0.1, 0.15) is 0 Å². The molecule has 0 heterocycles. The Hall–Kier alpha value is 2.54. The van der Waals surface area contributed by atoms with Gasteiger partial charge in [-0.3, -0.25) is 4.46 Å². The van der Waals surface area contributed by atoms with E-state index in [1.807, 2.05) is 0 Å². The minimum atomic E-state index is -3.63. The van der Waals surface area contributed by atoms with Crippen LogP contribution in [0.25, 0.3) is 0 Å². The zero-order valence-corrected chi connectivity index (χ0v) is 2.73. The van der Waals surface area contributed by atoms with Crippen molar-refractivity contribution in [2.45, 2.75) is 0 Å². The first-order chi connectivity index (χ1) is 1.73. The van der Waals surface area contributed by atoms with Crippen LogP contribution in [-0.4, -0.2) is 98.7 Å². The van der Waals surface area contributed by atoms with Crippen LogP contribution < -0.4 is 0 Å². The van der Waals surface area contributed by atoms with E-state index in [1.54, 1.807) is 0 Å². The molecule has 0 saturated carbocycles. The molecule has 0 radical (unpaired) electrons. The van der Waals surface area contributed by atoms with Gasteiger partial charge in [0.2, 0.25) is 0 Å². The fourth-order valence-corrected chi connectivity index (χ4v) is 0. The summed E-state index contributed by atoms with van der Waals surface area (Å²) in [5.41, 5.74) is 0. The molecule has 0 bridgehead atoms. The van der Waals surface area contributed by atoms with Crippen LogP contribution in [0.2, 0.25) is 0 Å². The van der Waals surface area contributed by atoms with Gasteiger partial charge >= 0.3 is 76.6 Å². The fraction of sp³-hybridized carbons (Fsp3) is 0. The van der Waals surface area contributed by atoms with E-state index < -0.39 is 9.26 Å². The molecule has 7 heteroatoms. The molecule has 0 amide bonds. The van der Waals surface area contributed by atoms with Gasteiger partial charge in [0.05, 0.1) is 0 Å². The maximum absolute atomic E-state index is 10.1. The molecule has 0 fully saturated rings. The summed E-state index contributed by atoms with van der Waals surface area (Å²) in [4.78, 5) is 6.94. The van der Waals surface area contributed by atoms with Crippen molar-refractivity contribution in [1.29, 1.82) is 0 Å². The molecule has 36 valence electrons. The molecule has 0 rings (SSSR count). The van der Waals surface area contributed by atoms with E-state index in [0.717, 1.165) is 0 Å². The van der Waals surface area contributed by atoms with Crippen molar-refractivity contribution in [3.8, 4) is 0 Å². The summed E-state index contributed by atoms with van der Waals surface area (Å²) < 4.78 is 18.6. The molecule has 7 heavy (non-hydrogen) atoms. The van der Waals surface area contributed by atoms with Gasteiger partial charge in [0.15, 0.2) is 17.4 Å². The number of halogens is 1. The van der Waals surface area contributed by atoms with Gasteiger partial charge in [0.25, 0.3) is 0 Å². The Morgan fingerprint density at radius 3 is 1.57 bits per heavy atom. The Balaban J connectivity index is -0.0000000150. The first kappa shape index (κ1) is 22.7. The van der Waals surface area contributed by atoms with E-state index >= 15 is 0 Å². The van der Waals surface area contributed by atoms with E-state index in [-0.39, 0.29) is 84.7 Å². The van der Waals surface area contributed by atoms with Crippen molar-refractivity contribution >= 4 is 93.9 Å². The Morgan fingerprint density at radius 2 is 1.57 bits per heavy atom. The van der Waals surface area contributed by atoms with Crippen LogP contribution in [0.1, 0.15) is 0 Å². The molecule has 0 aliphatic rings. The molecule has 0 aliphatic carbocycles. The summed E-state index contributed by atoms with van der Waals surface area (Å²) >= 11 is 0. The van der Waals surface area contributed by atoms with Crippen LogP contribution >= 0.6 is 0 Å². The molecule has 0 aromatic rings. The van der Waals surface area contributed by atoms with Crippen LogP contribution in [0.5, 0.6) is 0 Å². The SMILES string of the molecule is O=[Si](O)F.[AlH3].[CaH2].[NaH]. The summed E-state index contributed by atoms with van der Waals surface area (Å²) in [6.45, 7) is 0. The van der Waals surface area contributed by atoms with Gasteiger partial charge in [-0.25, -0.2) is 0 Å². The van der Waals surface area contributed by atoms with E-state index in [4.69, 9.17) is 9.26 Å². The van der Waals surface area contributed by atoms with Gasteiger partial charge in [0, 0.05) is 0 Å². The van der Waals surface area contributed by atoms with Crippen molar-refractivity contribution in [2.24, 2.45) is 0 Å². The zero-order chi connectivity index (χ0) is 3.58. The monoisotopic (exact) mass is 176 g/mol. The van der Waals surface area contributed by atoms with E-state index in [1.165, 1.54) is 0 Å². The van der Waals surface area contributed by atoms with E-state index in [9.17, 15) is 4.11 Å². The molecule has 0 unspecified atom stereocenters. The molecule has 0 aliphatic heterocycles. The third-order valence-corrected chi connectivity index (χ3v) is 0. The molecular weight excluding hydrogens is 169 g/mol. The summed E-state index contributed by atoms with van der Waals surface area (Å²) in [6, 6.07) is 0. The van der Waals surface area contributed by atoms with Gasteiger partial charge in [-0.1, -0.05) is 0 Å². The average molecular weight is 176 g/mol. The standard InChI is InChI=1S/Al.Ca.FHO2Si.Na.6H/c;;1-4(2)3;;;;;;;/h;;2H;;;;;;;. The molecule has 0 spiro atoms. The Kier molecular flexibility index (Phi) is 51.2. The van der Waals surface area contributed by atoms with Gasteiger partial charge < -0.3 is 4.80 Å². The number of hydrogen-bond donors (Lipinski definition) is 1. The van der Waals surface area contributed by atoms with Crippen molar-refractivity contribution in [3.63, 3.8) is 0 Å². The second-order valence-electron chi connectivity index (χ2n) is 0.253. The molecule has 1 N–H and O–H groups in total. The average Bonchev–Trinajstić information content (AvgIpc) is 0.811. The molecule has 0 atom stereocenters. The topological polar surface area (TPSA) is 37.3 Å². The second kappa shape index (κ2) is 15.8. The molecule has 0 saturated heterocycles. The predicted octanol–water partition coefficient (Wildman–Crippen LogP) is -3.39. The Labute approximate surface area is 105 Å². The molecule has 0 aromatic carbocycles. The molecule has 2 nitrogen and oxygen atoms in total. The third-order valence-electron chi connectivity index (χ3n) is 0. The summed E-state index contributed by atoms with van der Waals surface area (Å²) in [6.07, 6.45) is 0. The van der Waals surface area contributed by atoms with Crippen molar-refractivity contribution in [1.82, 2.24) is 0 Å². The quantitative estimate of drug-likeness (QED) is 0.309. The van der Waals surface area contributed by atoms with Crippen molar-refractivity contribution in [3.05, 3.63) is 0 Å². The van der Waals surface area contributed by atoms with Crippen LogP contribution in [-0.2, 0) is 4.46 Å². The van der Waals surface area contributed by atoms with Crippen LogP contribution in [0.15, 0.2) is 0 Å². The third kappa shape index (κ3) is 56.6. The van der Waals surface area contributed by atoms with Crippen molar-refractivity contribution in [2.75, 3.05) is 0 Å². The normalized spacial score (nSPS) is 3.57. The van der Waals surface area contributed by atoms with Crippen LogP contribution in [0, 0.1) is 0 Å².